The van der Waals surface area contributed by atoms with Gasteiger partial charge >= 0.3 is 0 Å². The molecule has 1 aliphatic heterocycles. The molecule has 2 aromatic rings. The zero-order chi connectivity index (χ0) is 14.8. The monoisotopic (exact) mass is 287 g/mol. The van der Waals surface area contributed by atoms with Gasteiger partial charge in [-0.25, -0.2) is 4.98 Å². The second-order valence-electron chi connectivity index (χ2n) is 5.57. The van der Waals surface area contributed by atoms with Gasteiger partial charge in [0.05, 0.1) is 6.04 Å². The molecular weight excluding hydrogens is 266 g/mol. The van der Waals surface area contributed by atoms with Crippen LogP contribution in [0.3, 0.4) is 0 Å². The van der Waals surface area contributed by atoms with Gasteiger partial charge in [-0.15, -0.1) is 0 Å². The number of carbonyl (C=O) groups is 1. The Hall–Kier alpha value is -2.11. The first-order valence-corrected chi connectivity index (χ1v) is 7.55. The van der Waals surface area contributed by atoms with Crippen molar-refractivity contribution in [1.29, 1.82) is 0 Å². The number of nitrogens with zero attached hydrogens (tertiary/aromatic N) is 4. The van der Waals surface area contributed by atoms with E-state index in [0.29, 0.717) is 5.69 Å². The maximum atomic E-state index is 12.7. The molecule has 0 saturated carbocycles. The van der Waals surface area contributed by atoms with Crippen LogP contribution >= 0.6 is 0 Å². The highest BCUT2D eigenvalue weighted by Crippen LogP contribution is 2.31. The molecule has 21 heavy (non-hydrogen) atoms. The first-order valence-electron chi connectivity index (χ1n) is 7.55. The van der Waals surface area contributed by atoms with Gasteiger partial charge in [-0.1, -0.05) is 6.92 Å². The Morgan fingerprint density at radius 2 is 2.38 bits per heavy atom. The van der Waals surface area contributed by atoms with E-state index in [1.165, 1.54) is 0 Å². The molecule has 1 aliphatic rings. The zero-order valence-electron chi connectivity index (χ0n) is 12.5. The largest absolute Gasteiger partial charge is 0.344 e. The number of nitrogens with one attached hydrogen (secondary N) is 1. The Morgan fingerprint density at radius 3 is 3.10 bits per heavy atom. The molecule has 1 fully saturated rings. The summed E-state index contributed by atoms with van der Waals surface area (Å²) < 4.78 is 1.83. The van der Waals surface area contributed by atoms with Gasteiger partial charge in [0.1, 0.15) is 11.5 Å². The third kappa shape index (κ3) is 2.70. The van der Waals surface area contributed by atoms with Gasteiger partial charge in [0, 0.05) is 31.2 Å². The second-order valence-corrected chi connectivity index (χ2v) is 5.57. The molecular formula is C15H21N5O. The molecule has 6 nitrogen and oxygen atoms in total. The first kappa shape index (κ1) is 13.9. The quantitative estimate of drug-likeness (QED) is 0.938. The number of aromatic amines is 1. The first-order chi connectivity index (χ1) is 10.2. The maximum Gasteiger partial charge on any atom is 0.274 e. The van der Waals surface area contributed by atoms with Crippen molar-refractivity contribution in [3.05, 3.63) is 35.7 Å². The average Bonchev–Trinajstić information content (AvgIpc) is 3.17. The van der Waals surface area contributed by atoms with Gasteiger partial charge in [-0.3, -0.25) is 9.48 Å². The van der Waals surface area contributed by atoms with Crippen LogP contribution in [0.1, 0.15) is 54.2 Å². The van der Waals surface area contributed by atoms with Crippen molar-refractivity contribution in [2.45, 2.75) is 45.7 Å². The van der Waals surface area contributed by atoms with Crippen molar-refractivity contribution in [3.8, 4) is 0 Å². The lowest BCUT2D eigenvalue weighted by Crippen LogP contribution is -2.31. The van der Waals surface area contributed by atoms with E-state index in [0.717, 1.165) is 43.9 Å². The number of rotatable bonds is 4. The Morgan fingerprint density at radius 1 is 1.52 bits per heavy atom. The fraction of sp³-hybridized carbons (Fsp3) is 0.533. The van der Waals surface area contributed by atoms with Crippen molar-refractivity contribution >= 4 is 5.91 Å². The minimum Gasteiger partial charge on any atom is -0.344 e. The van der Waals surface area contributed by atoms with Crippen LogP contribution in [0, 0.1) is 6.92 Å². The molecule has 0 spiro atoms. The Bertz CT molecular complexity index is 630. The van der Waals surface area contributed by atoms with Crippen molar-refractivity contribution in [2.75, 3.05) is 6.54 Å². The van der Waals surface area contributed by atoms with Crippen molar-refractivity contribution in [3.63, 3.8) is 0 Å². The molecule has 2 aromatic heterocycles. The van der Waals surface area contributed by atoms with E-state index in [1.54, 1.807) is 6.07 Å². The van der Waals surface area contributed by atoms with E-state index in [4.69, 9.17) is 0 Å². The third-order valence-corrected chi connectivity index (χ3v) is 3.86. The number of hydrogen-bond acceptors (Lipinski definition) is 3. The van der Waals surface area contributed by atoms with Crippen LogP contribution in [0.4, 0.5) is 0 Å². The summed E-state index contributed by atoms with van der Waals surface area (Å²) >= 11 is 0. The van der Waals surface area contributed by atoms with E-state index in [9.17, 15) is 4.79 Å². The van der Waals surface area contributed by atoms with E-state index in [1.807, 2.05) is 28.9 Å². The predicted octanol–water partition coefficient (Wildman–Crippen LogP) is 2.30. The van der Waals surface area contributed by atoms with Crippen molar-refractivity contribution in [1.82, 2.24) is 24.6 Å². The summed E-state index contributed by atoms with van der Waals surface area (Å²) in [5.74, 6) is 0.882. The van der Waals surface area contributed by atoms with E-state index < -0.39 is 0 Å². The second kappa shape index (κ2) is 5.71. The Labute approximate surface area is 124 Å². The Kier molecular flexibility index (Phi) is 3.77. The summed E-state index contributed by atoms with van der Waals surface area (Å²) in [7, 11) is 0. The maximum absolute atomic E-state index is 12.7. The molecule has 1 amide bonds. The summed E-state index contributed by atoms with van der Waals surface area (Å²) in [5, 5.41) is 4.37. The molecule has 0 radical (unpaired) electrons. The number of carbonyl (C=O) groups excluding carboxylic acids is 1. The molecule has 1 N–H and O–H groups in total. The minimum absolute atomic E-state index is 0.00130. The molecule has 1 saturated heterocycles. The summed E-state index contributed by atoms with van der Waals surface area (Å²) in [6, 6.07) is 1.85. The smallest absolute Gasteiger partial charge is 0.274 e. The summed E-state index contributed by atoms with van der Waals surface area (Å²) in [6.07, 6.45) is 6.65. The normalized spacial score (nSPS) is 18.4. The van der Waals surface area contributed by atoms with Crippen molar-refractivity contribution < 1.29 is 4.79 Å². The molecule has 3 heterocycles. The molecule has 6 heteroatoms. The number of likely N-dealkylation sites (tertiary alicyclic amines) is 1. The standard InChI is InChI=1S/C15H21N5O/c1-3-7-19-9-6-12(18-19)15(21)20-8-4-5-13(20)14-16-10-11(2)17-14/h6,9-10,13H,3-5,7-8H2,1-2H3,(H,16,17). The van der Waals surface area contributed by atoms with Gasteiger partial charge < -0.3 is 9.88 Å². The third-order valence-electron chi connectivity index (χ3n) is 3.86. The van der Waals surface area contributed by atoms with Crippen molar-refractivity contribution in [2.24, 2.45) is 0 Å². The molecule has 0 aromatic carbocycles. The van der Waals surface area contributed by atoms with Gasteiger partial charge in [-0.2, -0.15) is 5.10 Å². The van der Waals surface area contributed by atoms with Crippen LogP contribution < -0.4 is 0 Å². The lowest BCUT2D eigenvalue weighted by Gasteiger charge is -2.22. The number of H-pyrrole nitrogens is 1. The lowest BCUT2D eigenvalue weighted by atomic mass is 10.2. The summed E-state index contributed by atoms with van der Waals surface area (Å²) in [4.78, 5) is 22.2. The number of hydrogen-bond donors (Lipinski definition) is 1. The molecule has 1 unspecified atom stereocenters. The number of amides is 1. The summed E-state index contributed by atoms with van der Waals surface area (Å²) in [5.41, 5.74) is 1.55. The zero-order valence-corrected chi connectivity index (χ0v) is 12.5. The van der Waals surface area contributed by atoms with Gasteiger partial charge in [0.25, 0.3) is 5.91 Å². The minimum atomic E-state index is 0.00130. The van der Waals surface area contributed by atoms with Crippen LogP contribution in [0.15, 0.2) is 18.5 Å². The van der Waals surface area contributed by atoms with E-state index in [-0.39, 0.29) is 11.9 Å². The van der Waals surface area contributed by atoms with E-state index in [2.05, 4.69) is 22.0 Å². The van der Waals surface area contributed by atoms with Gasteiger partial charge in [0.2, 0.25) is 0 Å². The van der Waals surface area contributed by atoms with Gasteiger partial charge in [-0.05, 0) is 32.3 Å². The topological polar surface area (TPSA) is 66.8 Å². The van der Waals surface area contributed by atoms with Crippen LogP contribution in [0.2, 0.25) is 0 Å². The number of imidazole rings is 1. The molecule has 0 bridgehead atoms. The average molecular weight is 287 g/mol. The highest BCUT2D eigenvalue weighted by atomic mass is 16.2. The predicted molar refractivity (Wildman–Crippen MR) is 78.9 cm³/mol. The van der Waals surface area contributed by atoms with Crippen LogP contribution in [-0.2, 0) is 6.54 Å². The molecule has 3 rings (SSSR count). The molecule has 0 aliphatic carbocycles. The van der Waals surface area contributed by atoms with Crippen LogP contribution in [-0.4, -0.2) is 37.1 Å². The number of aryl methyl sites for hydroxylation is 2. The fourth-order valence-corrected chi connectivity index (χ4v) is 2.87. The number of aromatic nitrogens is 4. The molecule has 1 atom stereocenters. The SMILES string of the molecule is CCCn1ccc(C(=O)N2CCCC2c2ncc(C)[nH]2)n1. The molecule has 112 valence electrons. The highest BCUT2D eigenvalue weighted by molar-refractivity contribution is 5.92. The Balaban J connectivity index is 1.79. The van der Waals surface area contributed by atoms with Gasteiger partial charge in [0.15, 0.2) is 0 Å². The lowest BCUT2D eigenvalue weighted by molar-refractivity contribution is 0.0723. The fourth-order valence-electron chi connectivity index (χ4n) is 2.87. The highest BCUT2D eigenvalue weighted by Gasteiger charge is 2.33. The van der Waals surface area contributed by atoms with E-state index >= 15 is 0 Å². The summed E-state index contributed by atoms with van der Waals surface area (Å²) in [6.45, 7) is 5.68. The van der Waals surface area contributed by atoms with Crippen LogP contribution in [0.25, 0.3) is 0 Å². The van der Waals surface area contributed by atoms with Crippen LogP contribution in [0.5, 0.6) is 0 Å².